The van der Waals surface area contributed by atoms with E-state index in [4.69, 9.17) is 4.74 Å². The number of cyclic esters (lactones) is 1. The molecule has 0 radical (unpaired) electrons. The third kappa shape index (κ3) is 1.58. The zero-order chi connectivity index (χ0) is 14.3. The highest BCUT2D eigenvalue weighted by molar-refractivity contribution is 5.71. The maximum atomic E-state index is 11.7. The second-order valence-electron chi connectivity index (χ2n) is 5.68. The lowest BCUT2D eigenvalue weighted by Crippen LogP contribution is -2.70. The smallest absolute Gasteiger partial charge is 0.306 e. The quantitative estimate of drug-likeness (QED) is 0.482. The monoisotopic (exact) mass is 275 g/mol. The van der Waals surface area contributed by atoms with E-state index in [1.54, 1.807) is 0 Å². The number of ether oxygens (including phenoxy) is 1. The van der Waals surface area contributed by atoms with Crippen molar-refractivity contribution in [2.45, 2.75) is 31.2 Å². The van der Waals surface area contributed by atoms with Crippen molar-refractivity contribution < 1.29 is 14.5 Å². The largest absolute Gasteiger partial charge is 0.458 e. The molecule has 3 rings (SSSR count). The molecule has 1 aliphatic heterocycles. The molecule has 1 saturated carbocycles. The molecular formula is C15H17NO4. The number of nitrogens with zero attached hydrogens (tertiary/aromatic N) is 1. The lowest BCUT2D eigenvalue weighted by Gasteiger charge is -2.56. The van der Waals surface area contributed by atoms with E-state index in [2.05, 4.69) is 0 Å². The van der Waals surface area contributed by atoms with Gasteiger partial charge in [-0.3, -0.25) is 14.9 Å². The van der Waals surface area contributed by atoms with Crippen LogP contribution in [0.3, 0.4) is 0 Å². The Hall–Kier alpha value is -1.91. The summed E-state index contributed by atoms with van der Waals surface area (Å²) in [6, 6.07) is 9.58. The highest BCUT2D eigenvalue weighted by Gasteiger charge is 2.73. The number of rotatable bonds is 3. The molecule has 20 heavy (non-hydrogen) atoms. The number of carbonyl (C=O) groups is 1. The van der Waals surface area contributed by atoms with Gasteiger partial charge in [-0.05, 0) is 11.5 Å². The summed E-state index contributed by atoms with van der Waals surface area (Å²) in [5.74, 6) is -0.496. The highest BCUT2D eigenvalue weighted by Crippen LogP contribution is 2.60. The maximum absolute atomic E-state index is 11.7. The van der Waals surface area contributed by atoms with Gasteiger partial charge in [-0.25, -0.2) is 0 Å². The Kier molecular flexibility index (Phi) is 3.00. The van der Waals surface area contributed by atoms with Crippen LogP contribution >= 0.6 is 0 Å². The number of carbonyl (C=O) groups excluding carboxylic acids is 1. The first-order chi connectivity index (χ1) is 9.61. The molecule has 2 fully saturated rings. The SMILES string of the molecule is CC[C@@H]1[C@@H](c2ccccc2)[C@@]2([N+](=O)[O-])COC(=O)C[C@@H]12. The van der Waals surface area contributed by atoms with E-state index in [0.717, 1.165) is 12.0 Å². The van der Waals surface area contributed by atoms with Gasteiger partial charge >= 0.3 is 5.97 Å². The van der Waals surface area contributed by atoms with Crippen LogP contribution in [0.25, 0.3) is 0 Å². The summed E-state index contributed by atoms with van der Waals surface area (Å²) >= 11 is 0. The Morgan fingerprint density at radius 1 is 1.40 bits per heavy atom. The zero-order valence-corrected chi connectivity index (χ0v) is 11.3. The Balaban J connectivity index is 2.03. The number of nitro groups is 1. The number of fused-ring (bicyclic) bond motifs is 1. The van der Waals surface area contributed by atoms with Crippen LogP contribution in [-0.2, 0) is 9.53 Å². The van der Waals surface area contributed by atoms with Gasteiger partial charge in [-0.15, -0.1) is 0 Å². The van der Waals surface area contributed by atoms with Gasteiger partial charge in [0.15, 0.2) is 6.61 Å². The first-order valence-electron chi connectivity index (χ1n) is 6.96. The minimum atomic E-state index is -1.13. The first-order valence-corrected chi connectivity index (χ1v) is 6.96. The molecule has 1 saturated heterocycles. The minimum absolute atomic E-state index is 0.0977. The fourth-order valence-corrected chi connectivity index (χ4v) is 4.06. The third-order valence-corrected chi connectivity index (χ3v) is 4.95. The van der Waals surface area contributed by atoms with Gasteiger partial charge in [0, 0.05) is 10.8 Å². The lowest BCUT2D eigenvalue weighted by atomic mass is 9.47. The van der Waals surface area contributed by atoms with Gasteiger partial charge < -0.3 is 4.74 Å². The van der Waals surface area contributed by atoms with E-state index < -0.39 is 5.54 Å². The van der Waals surface area contributed by atoms with Gasteiger partial charge in [0.1, 0.15) is 0 Å². The Labute approximate surface area is 117 Å². The standard InChI is InChI=1S/C15H17NO4/c1-2-11-12-8-13(17)20-9-15(12,16(18)19)14(11)10-6-4-3-5-7-10/h3-7,11-12,14H,2,8-9H2,1H3/t11-,12-,14+,15+/m0/s1. The predicted octanol–water partition coefficient (Wildman–Crippen LogP) is 2.39. The Morgan fingerprint density at radius 3 is 2.70 bits per heavy atom. The number of hydrogen-bond acceptors (Lipinski definition) is 4. The van der Waals surface area contributed by atoms with E-state index >= 15 is 0 Å². The molecule has 5 heteroatoms. The third-order valence-electron chi connectivity index (χ3n) is 4.95. The van der Waals surface area contributed by atoms with Gasteiger partial charge in [0.25, 0.3) is 5.54 Å². The number of esters is 1. The van der Waals surface area contributed by atoms with Crippen molar-refractivity contribution in [3.63, 3.8) is 0 Å². The summed E-state index contributed by atoms with van der Waals surface area (Å²) in [4.78, 5) is 23.0. The molecule has 106 valence electrons. The van der Waals surface area contributed by atoms with Crippen molar-refractivity contribution in [3.8, 4) is 0 Å². The molecule has 1 aliphatic carbocycles. The molecule has 0 amide bonds. The summed E-state index contributed by atoms with van der Waals surface area (Å²) in [6.07, 6.45) is 1.01. The van der Waals surface area contributed by atoms with Crippen LogP contribution in [0, 0.1) is 22.0 Å². The topological polar surface area (TPSA) is 69.4 Å². The minimum Gasteiger partial charge on any atom is -0.458 e. The summed E-state index contributed by atoms with van der Waals surface area (Å²) < 4.78 is 5.04. The molecule has 1 aromatic carbocycles. The van der Waals surface area contributed by atoms with Crippen molar-refractivity contribution in [1.29, 1.82) is 0 Å². The fraction of sp³-hybridized carbons (Fsp3) is 0.533. The average molecular weight is 275 g/mol. The van der Waals surface area contributed by atoms with E-state index in [1.165, 1.54) is 0 Å². The van der Waals surface area contributed by atoms with Crippen LogP contribution in [0.15, 0.2) is 30.3 Å². The van der Waals surface area contributed by atoms with Crippen LogP contribution in [-0.4, -0.2) is 23.0 Å². The summed E-state index contributed by atoms with van der Waals surface area (Å²) in [6.45, 7) is 1.93. The lowest BCUT2D eigenvalue weighted by molar-refractivity contribution is -0.617. The second kappa shape index (κ2) is 4.58. The van der Waals surface area contributed by atoms with Gasteiger partial charge in [0.2, 0.25) is 0 Å². The van der Waals surface area contributed by atoms with Crippen molar-refractivity contribution in [3.05, 3.63) is 46.0 Å². The summed E-state index contributed by atoms with van der Waals surface area (Å²) in [5, 5.41) is 11.7. The van der Waals surface area contributed by atoms with Gasteiger partial charge in [0.05, 0.1) is 12.3 Å². The molecular weight excluding hydrogens is 258 g/mol. The van der Waals surface area contributed by atoms with Crippen LogP contribution in [0.5, 0.6) is 0 Å². The van der Waals surface area contributed by atoms with Gasteiger partial charge in [-0.2, -0.15) is 0 Å². The first kappa shape index (κ1) is 13.1. The summed E-state index contributed by atoms with van der Waals surface area (Å²) in [5.41, 5.74) is -0.152. The van der Waals surface area contributed by atoms with E-state index in [0.29, 0.717) is 0 Å². The van der Waals surface area contributed by atoms with Crippen molar-refractivity contribution >= 4 is 5.97 Å². The molecule has 0 bridgehead atoms. The average Bonchev–Trinajstić information content (AvgIpc) is 2.43. The van der Waals surface area contributed by atoms with Crippen LogP contribution in [0.1, 0.15) is 31.2 Å². The Morgan fingerprint density at radius 2 is 2.10 bits per heavy atom. The molecule has 1 heterocycles. The van der Waals surface area contributed by atoms with Crippen molar-refractivity contribution in [1.82, 2.24) is 0 Å². The molecule has 0 N–H and O–H groups in total. The predicted molar refractivity (Wildman–Crippen MR) is 71.8 cm³/mol. The highest BCUT2D eigenvalue weighted by atomic mass is 16.6. The molecule has 5 nitrogen and oxygen atoms in total. The van der Waals surface area contributed by atoms with E-state index in [-0.39, 0.29) is 41.7 Å². The normalized spacial score (nSPS) is 35.6. The maximum Gasteiger partial charge on any atom is 0.306 e. The Bertz CT molecular complexity index is 544. The molecule has 0 aromatic heterocycles. The van der Waals surface area contributed by atoms with Gasteiger partial charge in [-0.1, -0.05) is 43.7 Å². The molecule has 1 aromatic rings. The number of benzene rings is 1. The molecule has 0 unspecified atom stereocenters. The molecule has 0 spiro atoms. The van der Waals surface area contributed by atoms with Crippen molar-refractivity contribution in [2.75, 3.05) is 6.61 Å². The number of hydrogen-bond donors (Lipinski definition) is 0. The second-order valence-corrected chi connectivity index (χ2v) is 5.68. The van der Waals surface area contributed by atoms with Crippen LogP contribution in [0.4, 0.5) is 0 Å². The van der Waals surface area contributed by atoms with Crippen LogP contribution < -0.4 is 0 Å². The molecule has 4 atom stereocenters. The summed E-state index contributed by atoms with van der Waals surface area (Å²) in [7, 11) is 0. The zero-order valence-electron chi connectivity index (χ0n) is 11.3. The molecule has 2 aliphatic rings. The van der Waals surface area contributed by atoms with E-state index in [9.17, 15) is 14.9 Å². The van der Waals surface area contributed by atoms with Crippen LogP contribution in [0.2, 0.25) is 0 Å². The van der Waals surface area contributed by atoms with E-state index in [1.807, 2.05) is 37.3 Å². The fourth-order valence-electron chi connectivity index (χ4n) is 4.06. The van der Waals surface area contributed by atoms with Crippen molar-refractivity contribution in [2.24, 2.45) is 11.8 Å².